The highest BCUT2D eigenvalue weighted by Crippen LogP contribution is 2.08. The second kappa shape index (κ2) is 7.93. The van der Waals surface area contributed by atoms with Crippen molar-refractivity contribution in [2.45, 2.75) is 45.7 Å². The third-order valence-electron chi connectivity index (χ3n) is 3.79. The molecule has 0 bridgehead atoms. The van der Waals surface area contributed by atoms with E-state index in [4.69, 9.17) is 4.74 Å². The smallest absolute Gasteiger partial charge is 0.326 e. The molecule has 0 radical (unpaired) electrons. The number of rotatable bonds is 7. The van der Waals surface area contributed by atoms with E-state index >= 15 is 0 Å². The standard InChI is InChI=1S/C15H24N4O3/c1-3-22-13(20)10-19-11(2)9-18-14(15(19)21)17-8-6-12-5-4-7-16-12/h9,12,16H,3-8,10H2,1-2H3,(H,17,18). The molecule has 1 saturated heterocycles. The number of ether oxygens (including phenoxy) is 1. The highest BCUT2D eigenvalue weighted by molar-refractivity contribution is 5.69. The first-order valence-electron chi connectivity index (χ1n) is 7.81. The number of nitrogens with one attached hydrogen (secondary N) is 2. The molecule has 122 valence electrons. The maximum absolute atomic E-state index is 12.4. The van der Waals surface area contributed by atoms with Crippen molar-refractivity contribution in [2.75, 3.05) is 25.0 Å². The Morgan fingerprint density at radius 2 is 2.41 bits per heavy atom. The molecule has 1 aliphatic heterocycles. The van der Waals surface area contributed by atoms with E-state index in [-0.39, 0.29) is 17.9 Å². The third-order valence-corrected chi connectivity index (χ3v) is 3.79. The van der Waals surface area contributed by atoms with Gasteiger partial charge in [-0.2, -0.15) is 0 Å². The Kier molecular flexibility index (Phi) is 5.94. The van der Waals surface area contributed by atoms with E-state index in [1.807, 2.05) is 0 Å². The predicted molar refractivity (Wildman–Crippen MR) is 84.0 cm³/mol. The van der Waals surface area contributed by atoms with Crippen molar-refractivity contribution >= 4 is 11.8 Å². The quantitative estimate of drug-likeness (QED) is 0.720. The maximum Gasteiger partial charge on any atom is 0.326 e. The van der Waals surface area contributed by atoms with Crippen molar-refractivity contribution in [1.82, 2.24) is 14.9 Å². The zero-order chi connectivity index (χ0) is 15.9. The lowest BCUT2D eigenvalue weighted by atomic mass is 10.1. The van der Waals surface area contributed by atoms with Crippen molar-refractivity contribution in [2.24, 2.45) is 0 Å². The first kappa shape index (κ1) is 16.5. The van der Waals surface area contributed by atoms with Gasteiger partial charge in [0.25, 0.3) is 5.56 Å². The Hall–Kier alpha value is -1.89. The second-order valence-electron chi connectivity index (χ2n) is 5.45. The van der Waals surface area contributed by atoms with Crippen LogP contribution in [0.15, 0.2) is 11.0 Å². The van der Waals surface area contributed by atoms with Gasteiger partial charge in [0.2, 0.25) is 0 Å². The molecule has 1 atom stereocenters. The monoisotopic (exact) mass is 308 g/mol. The average Bonchev–Trinajstić information content (AvgIpc) is 2.99. The molecule has 0 amide bonds. The number of esters is 1. The number of carbonyl (C=O) groups excluding carboxylic acids is 1. The molecule has 0 aliphatic carbocycles. The molecule has 1 aromatic heterocycles. The van der Waals surface area contributed by atoms with Gasteiger partial charge in [-0.15, -0.1) is 0 Å². The summed E-state index contributed by atoms with van der Waals surface area (Å²) in [6, 6.07) is 0.514. The van der Waals surface area contributed by atoms with Crippen LogP contribution in [0.4, 0.5) is 5.82 Å². The molecule has 1 aliphatic rings. The molecular formula is C15H24N4O3. The van der Waals surface area contributed by atoms with Crippen LogP contribution in [0.2, 0.25) is 0 Å². The minimum absolute atomic E-state index is 0.0834. The van der Waals surface area contributed by atoms with E-state index in [0.29, 0.717) is 24.9 Å². The van der Waals surface area contributed by atoms with Crippen molar-refractivity contribution in [3.63, 3.8) is 0 Å². The molecule has 7 nitrogen and oxygen atoms in total. The summed E-state index contributed by atoms with van der Waals surface area (Å²) in [6.07, 6.45) is 4.93. The van der Waals surface area contributed by atoms with Crippen LogP contribution >= 0.6 is 0 Å². The largest absolute Gasteiger partial charge is 0.465 e. The first-order valence-corrected chi connectivity index (χ1v) is 7.81. The van der Waals surface area contributed by atoms with E-state index < -0.39 is 5.97 Å². The summed E-state index contributed by atoms with van der Waals surface area (Å²) in [5.41, 5.74) is 0.355. The topological polar surface area (TPSA) is 85.2 Å². The van der Waals surface area contributed by atoms with Crippen molar-refractivity contribution in [1.29, 1.82) is 0 Å². The highest BCUT2D eigenvalue weighted by atomic mass is 16.5. The number of anilines is 1. The van der Waals surface area contributed by atoms with Gasteiger partial charge in [0.15, 0.2) is 5.82 Å². The summed E-state index contributed by atoms with van der Waals surface area (Å²) in [5, 5.41) is 6.49. The summed E-state index contributed by atoms with van der Waals surface area (Å²) < 4.78 is 6.29. The highest BCUT2D eigenvalue weighted by Gasteiger charge is 2.15. The fourth-order valence-electron chi connectivity index (χ4n) is 2.59. The molecule has 1 aromatic rings. The van der Waals surface area contributed by atoms with Gasteiger partial charge in [0.05, 0.1) is 6.61 Å². The lowest BCUT2D eigenvalue weighted by Gasteiger charge is -2.13. The molecule has 1 fully saturated rings. The lowest BCUT2D eigenvalue weighted by Crippen LogP contribution is -2.31. The van der Waals surface area contributed by atoms with E-state index in [9.17, 15) is 9.59 Å². The Morgan fingerprint density at radius 3 is 3.09 bits per heavy atom. The van der Waals surface area contributed by atoms with Gasteiger partial charge < -0.3 is 15.4 Å². The van der Waals surface area contributed by atoms with E-state index in [2.05, 4.69) is 15.6 Å². The van der Waals surface area contributed by atoms with E-state index in [1.54, 1.807) is 20.0 Å². The SMILES string of the molecule is CCOC(=O)Cn1c(C)cnc(NCCC2CCCN2)c1=O. The molecule has 1 unspecified atom stereocenters. The molecule has 0 aromatic carbocycles. The third kappa shape index (κ3) is 4.30. The lowest BCUT2D eigenvalue weighted by molar-refractivity contribution is -0.143. The Balaban J connectivity index is 1.99. The number of carbonyl (C=O) groups is 1. The van der Waals surface area contributed by atoms with Gasteiger partial charge in [0, 0.05) is 24.5 Å². The van der Waals surface area contributed by atoms with Gasteiger partial charge in [-0.1, -0.05) is 0 Å². The van der Waals surface area contributed by atoms with Crippen molar-refractivity contribution in [3.05, 3.63) is 22.2 Å². The van der Waals surface area contributed by atoms with Crippen LogP contribution in [-0.4, -0.2) is 41.3 Å². The number of nitrogens with zero attached hydrogens (tertiary/aromatic N) is 2. The predicted octanol–water partition coefficient (Wildman–Crippen LogP) is 0.669. The van der Waals surface area contributed by atoms with Crippen molar-refractivity contribution in [3.8, 4) is 0 Å². The molecule has 22 heavy (non-hydrogen) atoms. The number of hydrogen-bond acceptors (Lipinski definition) is 6. The van der Waals surface area contributed by atoms with Crippen LogP contribution in [0.5, 0.6) is 0 Å². The molecule has 2 N–H and O–H groups in total. The van der Waals surface area contributed by atoms with Crippen LogP contribution < -0.4 is 16.2 Å². The Morgan fingerprint density at radius 1 is 1.59 bits per heavy atom. The summed E-state index contributed by atoms with van der Waals surface area (Å²) in [5.74, 6) is -0.132. The van der Waals surface area contributed by atoms with Gasteiger partial charge in [0.1, 0.15) is 6.54 Å². The Labute approximate surface area is 130 Å². The van der Waals surface area contributed by atoms with Gasteiger partial charge in [-0.3, -0.25) is 14.2 Å². The fraction of sp³-hybridized carbons (Fsp3) is 0.667. The molecule has 0 spiro atoms. The first-order chi connectivity index (χ1) is 10.6. The van der Waals surface area contributed by atoms with Gasteiger partial charge in [-0.05, 0) is 39.7 Å². The average molecular weight is 308 g/mol. The normalized spacial score (nSPS) is 17.5. The van der Waals surface area contributed by atoms with Crippen LogP contribution in [0.25, 0.3) is 0 Å². The van der Waals surface area contributed by atoms with Gasteiger partial charge >= 0.3 is 5.97 Å². The van der Waals surface area contributed by atoms with Crippen LogP contribution in [-0.2, 0) is 16.1 Å². The van der Waals surface area contributed by atoms with Crippen LogP contribution in [0.1, 0.15) is 31.9 Å². The minimum atomic E-state index is -0.417. The Bertz CT molecular complexity index is 564. The summed E-state index contributed by atoms with van der Waals surface area (Å²) in [6.45, 7) is 5.46. The number of aromatic nitrogens is 2. The maximum atomic E-state index is 12.4. The molecule has 0 saturated carbocycles. The molecule has 7 heteroatoms. The fourth-order valence-corrected chi connectivity index (χ4v) is 2.59. The van der Waals surface area contributed by atoms with Crippen LogP contribution in [0, 0.1) is 6.92 Å². The molecule has 2 rings (SSSR count). The summed E-state index contributed by atoms with van der Waals surface area (Å²) in [4.78, 5) is 28.1. The minimum Gasteiger partial charge on any atom is -0.465 e. The number of aryl methyl sites for hydroxylation is 1. The number of hydrogen-bond donors (Lipinski definition) is 2. The molecular weight excluding hydrogens is 284 g/mol. The van der Waals surface area contributed by atoms with Crippen molar-refractivity contribution < 1.29 is 9.53 Å². The van der Waals surface area contributed by atoms with Gasteiger partial charge in [-0.25, -0.2) is 4.98 Å². The summed E-state index contributed by atoms with van der Waals surface area (Å²) in [7, 11) is 0. The second-order valence-corrected chi connectivity index (χ2v) is 5.45. The van der Waals surface area contributed by atoms with E-state index in [1.165, 1.54) is 17.4 Å². The molecule has 2 heterocycles. The zero-order valence-electron chi connectivity index (χ0n) is 13.2. The van der Waals surface area contributed by atoms with E-state index in [0.717, 1.165) is 13.0 Å². The summed E-state index contributed by atoms with van der Waals surface area (Å²) >= 11 is 0. The van der Waals surface area contributed by atoms with Crippen LogP contribution in [0.3, 0.4) is 0 Å². The zero-order valence-corrected chi connectivity index (χ0v) is 13.2.